The van der Waals surface area contributed by atoms with Gasteiger partial charge in [-0.1, -0.05) is 117 Å². The van der Waals surface area contributed by atoms with Crippen molar-refractivity contribution in [2.75, 3.05) is 13.2 Å². The Kier molecular flexibility index (Phi) is 27.6. The first-order chi connectivity index (χ1) is 22.5. The number of hydrogen-bond donors (Lipinski definition) is 2. The zero-order valence-electron chi connectivity index (χ0n) is 30.9. The predicted molar refractivity (Wildman–Crippen MR) is 200 cm³/mol. The molecule has 47 heavy (non-hydrogen) atoms. The van der Waals surface area contributed by atoms with Crippen LogP contribution >= 0.6 is 0 Å². The summed E-state index contributed by atoms with van der Waals surface area (Å²) in [7, 11) is 0. The van der Waals surface area contributed by atoms with E-state index in [9.17, 15) is 5.53 Å². The quantitative estimate of drug-likeness (QED) is 0.0825. The summed E-state index contributed by atoms with van der Waals surface area (Å²) in [6.45, 7) is 13.6. The first-order valence-corrected chi connectivity index (χ1v) is 18.8. The maximum Gasteiger partial charge on any atom is 0.211 e. The maximum atomic E-state index is 11.9. The molecule has 1 heterocycles. The van der Waals surface area contributed by atoms with Gasteiger partial charge in [0, 0.05) is 52.0 Å². The topological polar surface area (TPSA) is 65.8 Å². The smallest absolute Gasteiger partial charge is 0.211 e. The Bertz CT molecular complexity index is 1160. The fourth-order valence-corrected chi connectivity index (χ4v) is 5.73. The number of nitrogens with zero attached hydrogens (tertiary/aromatic N) is 2. The fraction of sp³-hybridized carbons (Fsp3) is 0.619. The third kappa shape index (κ3) is 16.7. The molecule has 0 saturated carbocycles. The largest absolute Gasteiger partial charge is 0.493 e. The molecule has 0 bridgehead atoms. The second-order valence-corrected chi connectivity index (χ2v) is 12.6. The monoisotopic (exact) mass is 690 g/mol. The van der Waals surface area contributed by atoms with Crippen LogP contribution in [0.1, 0.15) is 167 Å². The van der Waals surface area contributed by atoms with E-state index in [0.717, 1.165) is 73.9 Å². The third-order valence-corrected chi connectivity index (χ3v) is 8.41. The molecular weight excluding hydrogens is 623 g/mol. The van der Waals surface area contributed by atoms with Crippen molar-refractivity contribution < 1.29 is 31.4 Å². The Morgan fingerprint density at radius 1 is 0.489 bits per heavy atom. The van der Waals surface area contributed by atoms with Crippen molar-refractivity contribution >= 4 is 11.4 Å². The minimum absolute atomic E-state index is 0. The fourth-order valence-electron chi connectivity index (χ4n) is 5.73. The molecule has 2 N–H and O–H groups in total. The SMILES string of the molecule is CCCCCCCCC1=C(c2cccc(CCCC)c2)[N+](=[N-])C(c2cccc(CCCC)c2)=C1CCCC.CCCO.CCCO.[Ni]. The van der Waals surface area contributed by atoms with Crippen LogP contribution in [0.3, 0.4) is 0 Å². The molecule has 5 heteroatoms. The average molecular weight is 692 g/mol. The number of allylic oxidation sites excluding steroid dienone is 2. The average Bonchev–Trinajstić information content (AvgIpc) is 3.37. The molecule has 0 unspecified atom stereocenters. The van der Waals surface area contributed by atoms with Crippen LogP contribution in [0.25, 0.3) is 16.9 Å². The summed E-state index contributed by atoms with van der Waals surface area (Å²) < 4.78 is 1.56. The van der Waals surface area contributed by atoms with E-state index in [0.29, 0.717) is 13.2 Å². The number of unbranched alkanes of at least 4 members (excludes halogenated alkanes) is 8. The van der Waals surface area contributed by atoms with Crippen molar-refractivity contribution in [2.24, 2.45) is 0 Å². The summed E-state index contributed by atoms with van der Waals surface area (Å²) in [5, 5.41) is 15.8. The molecule has 0 spiro atoms. The summed E-state index contributed by atoms with van der Waals surface area (Å²) in [4.78, 5) is 0. The van der Waals surface area contributed by atoms with E-state index in [-0.39, 0.29) is 16.5 Å². The number of aliphatic hydroxyl groups is 2. The van der Waals surface area contributed by atoms with Crippen molar-refractivity contribution in [3.8, 4) is 0 Å². The molecule has 0 amide bonds. The molecule has 0 saturated heterocycles. The van der Waals surface area contributed by atoms with Gasteiger partial charge in [-0.05, 0) is 99.6 Å². The maximum absolute atomic E-state index is 11.9. The van der Waals surface area contributed by atoms with Crippen LogP contribution in [0, 0.1) is 0 Å². The first kappa shape index (κ1) is 44.9. The standard InChI is InChI=1S/C36H52N2.2C3H8O.Ni/c1-5-9-13-14-15-16-26-34-33(25-12-8-4)35(31-23-17-21-29(27-31)19-10-6-2)38(37)36(34)32-24-18-22-30(28-32)20-11-7-3;2*1-2-3-4;/h17-18,21-24,27-28H,5-16,19-20,25-26H2,1-4H3;2*4H,2-3H2,1H3;. The van der Waals surface area contributed by atoms with Crippen LogP contribution in [0.2, 0.25) is 0 Å². The van der Waals surface area contributed by atoms with Crippen LogP contribution in [0.15, 0.2) is 59.7 Å². The zero-order valence-corrected chi connectivity index (χ0v) is 31.9. The van der Waals surface area contributed by atoms with Crippen molar-refractivity contribution in [3.63, 3.8) is 0 Å². The number of hydrogen-bond acceptors (Lipinski definition) is 2. The van der Waals surface area contributed by atoms with Crippen LogP contribution < -0.4 is 0 Å². The molecule has 0 aliphatic carbocycles. The van der Waals surface area contributed by atoms with Gasteiger partial charge in [0.25, 0.3) is 0 Å². The van der Waals surface area contributed by atoms with E-state index >= 15 is 0 Å². The van der Waals surface area contributed by atoms with Crippen molar-refractivity contribution in [1.82, 2.24) is 0 Å². The van der Waals surface area contributed by atoms with Crippen LogP contribution in [-0.2, 0) is 29.3 Å². The van der Waals surface area contributed by atoms with Gasteiger partial charge in [0.15, 0.2) is 0 Å². The summed E-state index contributed by atoms with van der Waals surface area (Å²) in [6.07, 6.45) is 20.8. The van der Waals surface area contributed by atoms with Gasteiger partial charge in [-0.2, -0.15) is 0 Å². The molecular formula is C42H68N2NiO2. The molecule has 4 nitrogen and oxygen atoms in total. The second-order valence-electron chi connectivity index (χ2n) is 12.6. The summed E-state index contributed by atoms with van der Waals surface area (Å²) >= 11 is 0. The minimum Gasteiger partial charge on any atom is -0.493 e. The van der Waals surface area contributed by atoms with Crippen LogP contribution in [0.5, 0.6) is 0 Å². The zero-order chi connectivity index (χ0) is 34.0. The molecule has 0 aromatic heterocycles. The molecule has 268 valence electrons. The summed E-state index contributed by atoms with van der Waals surface area (Å²) in [6, 6.07) is 17.9. The van der Waals surface area contributed by atoms with Gasteiger partial charge in [-0.15, -0.1) is 0 Å². The van der Waals surface area contributed by atoms with E-state index in [4.69, 9.17) is 10.2 Å². The van der Waals surface area contributed by atoms with Gasteiger partial charge in [-0.3, -0.25) is 0 Å². The van der Waals surface area contributed by atoms with Crippen LogP contribution in [-0.4, -0.2) is 28.1 Å². The molecule has 3 rings (SSSR count). The number of benzene rings is 2. The number of aliphatic hydroxyl groups excluding tert-OH is 2. The first-order valence-electron chi connectivity index (χ1n) is 18.8. The molecule has 0 radical (unpaired) electrons. The summed E-state index contributed by atoms with van der Waals surface area (Å²) in [5.74, 6) is 0. The third-order valence-electron chi connectivity index (χ3n) is 8.41. The van der Waals surface area contributed by atoms with Gasteiger partial charge in [0.05, 0.1) is 0 Å². The van der Waals surface area contributed by atoms with E-state index in [2.05, 4.69) is 76.2 Å². The van der Waals surface area contributed by atoms with E-state index in [1.165, 1.54) is 86.5 Å². The van der Waals surface area contributed by atoms with Gasteiger partial charge in [0.1, 0.15) is 0 Å². The van der Waals surface area contributed by atoms with Gasteiger partial charge in [-0.25, -0.2) is 4.70 Å². The molecule has 1 aliphatic heterocycles. The van der Waals surface area contributed by atoms with Crippen molar-refractivity contribution in [1.29, 1.82) is 0 Å². The molecule has 2 aromatic rings. The Morgan fingerprint density at radius 2 is 0.851 bits per heavy atom. The molecule has 1 aliphatic rings. The number of rotatable bonds is 20. The molecule has 2 aromatic carbocycles. The van der Waals surface area contributed by atoms with Crippen molar-refractivity contribution in [3.05, 3.63) is 87.5 Å². The molecule has 0 atom stereocenters. The Labute approximate surface area is 299 Å². The van der Waals surface area contributed by atoms with Gasteiger partial charge < -0.3 is 15.7 Å². The van der Waals surface area contributed by atoms with Crippen molar-refractivity contribution in [2.45, 2.75) is 157 Å². The normalized spacial score (nSPS) is 12.4. The van der Waals surface area contributed by atoms with Crippen LogP contribution in [0.4, 0.5) is 0 Å². The Hall–Kier alpha value is -2.07. The van der Waals surface area contributed by atoms with E-state index < -0.39 is 0 Å². The Morgan fingerprint density at radius 3 is 1.26 bits per heavy atom. The second kappa shape index (κ2) is 28.9. The minimum atomic E-state index is 0. The summed E-state index contributed by atoms with van der Waals surface area (Å²) in [5.41, 5.74) is 21.8. The van der Waals surface area contributed by atoms with E-state index in [1.54, 1.807) is 4.70 Å². The van der Waals surface area contributed by atoms with Gasteiger partial charge >= 0.3 is 0 Å². The van der Waals surface area contributed by atoms with E-state index in [1.807, 2.05) is 13.8 Å². The Balaban J connectivity index is 0.00000211. The number of aryl methyl sites for hydroxylation is 2. The van der Waals surface area contributed by atoms with Gasteiger partial charge in [0.2, 0.25) is 11.4 Å². The molecule has 0 fully saturated rings. The predicted octanol–water partition coefficient (Wildman–Crippen LogP) is 12.3.